The standard InChI is InChI=1S/C8H7F2IN2O/c9-8(10)5-1-4(3-14)7(11)6(2-12)13-5/h1,3,8H,2,12H2. The van der Waals surface area contributed by atoms with Gasteiger partial charge in [-0.15, -0.1) is 0 Å². The van der Waals surface area contributed by atoms with Crippen molar-refractivity contribution in [1.29, 1.82) is 0 Å². The minimum atomic E-state index is -2.68. The summed E-state index contributed by atoms with van der Waals surface area (Å²) in [7, 11) is 0. The van der Waals surface area contributed by atoms with Gasteiger partial charge in [0.2, 0.25) is 0 Å². The molecule has 0 aromatic carbocycles. The highest BCUT2D eigenvalue weighted by Gasteiger charge is 2.14. The van der Waals surface area contributed by atoms with Crippen molar-refractivity contribution in [3.8, 4) is 0 Å². The van der Waals surface area contributed by atoms with Crippen molar-refractivity contribution in [2.24, 2.45) is 5.73 Å². The summed E-state index contributed by atoms with van der Waals surface area (Å²) in [6.45, 7) is 0.0413. The Hall–Kier alpha value is -0.630. The molecule has 2 N–H and O–H groups in total. The summed E-state index contributed by atoms with van der Waals surface area (Å²) >= 11 is 1.86. The Bertz CT molecular complexity index is 357. The second kappa shape index (κ2) is 4.74. The van der Waals surface area contributed by atoms with Crippen molar-refractivity contribution in [2.45, 2.75) is 13.0 Å². The molecule has 0 saturated heterocycles. The number of aldehydes is 1. The maximum Gasteiger partial charge on any atom is 0.280 e. The lowest BCUT2D eigenvalue weighted by Gasteiger charge is -2.06. The zero-order valence-electron chi connectivity index (χ0n) is 7.01. The van der Waals surface area contributed by atoms with E-state index in [9.17, 15) is 13.6 Å². The van der Waals surface area contributed by atoms with Gasteiger partial charge < -0.3 is 5.73 Å². The molecule has 76 valence electrons. The second-order valence-corrected chi connectivity index (χ2v) is 3.60. The average Bonchev–Trinajstić information content (AvgIpc) is 2.17. The highest BCUT2D eigenvalue weighted by molar-refractivity contribution is 14.1. The van der Waals surface area contributed by atoms with E-state index in [0.29, 0.717) is 15.6 Å². The molecule has 0 aliphatic rings. The number of hydrogen-bond acceptors (Lipinski definition) is 3. The predicted octanol–water partition coefficient (Wildman–Crippen LogP) is 1.90. The van der Waals surface area contributed by atoms with Gasteiger partial charge in [0.15, 0.2) is 6.29 Å². The van der Waals surface area contributed by atoms with E-state index < -0.39 is 12.1 Å². The molecule has 0 radical (unpaired) electrons. The molecule has 0 spiro atoms. The molecule has 3 nitrogen and oxygen atoms in total. The molecule has 0 fully saturated rings. The number of alkyl halides is 2. The molecule has 1 aromatic heterocycles. The van der Waals surface area contributed by atoms with Crippen LogP contribution in [0.5, 0.6) is 0 Å². The molecule has 1 aromatic rings. The molecule has 1 heterocycles. The molecule has 0 aliphatic heterocycles. The molecule has 1 rings (SSSR count). The van der Waals surface area contributed by atoms with Gasteiger partial charge in [0.05, 0.1) is 5.69 Å². The van der Waals surface area contributed by atoms with E-state index in [0.717, 1.165) is 6.07 Å². The summed E-state index contributed by atoms with van der Waals surface area (Å²) in [5.41, 5.74) is 5.44. The third-order valence-electron chi connectivity index (χ3n) is 1.62. The molecule has 6 heteroatoms. The molecule has 0 atom stereocenters. The Labute approximate surface area is 92.8 Å². The van der Waals surface area contributed by atoms with Crippen molar-refractivity contribution in [1.82, 2.24) is 4.98 Å². The average molecular weight is 312 g/mol. The van der Waals surface area contributed by atoms with Gasteiger partial charge in [-0.2, -0.15) is 0 Å². The maximum absolute atomic E-state index is 12.3. The van der Waals surface area contributed by atoms with Crippen LogP contribution in [-0.4, -0.2) is 11.3 Å². The first-order chi connectivity index (χ1) is 6.60. The van der Waals surface area contributed by atoms with Gasteiger partial charge in [0.25, 0.3) is 6.43 Å². The quantitative estimate of drug-likeness (QED) is 0.685. The maximum atomic E-state index is 12.3. The lowest BCUT2D eigenvalue weighted by atomic mass is 10.2. The Morgan fingerprint density at radius 2 is 2.29 bits per heavy atom. The van der Waals surface area contributed by atoms with Crippen LogP contribution < -0.4 is 5.73 Å². The summed E-state index contributed by atoms with van der Waals surface area (Å²) in [4.78, 5) is 14.2. The Morgan fingerprint density at radius 3 is 2.71 bits per heavy atom. The van der Waals surface area contributed by atoms with E-state index in [1.54, 1.807) is 0 Å². The number of carbonyl (C=O) groups is 1. The SMILES string of the molecule is NCc1nc(C(F)F)cc(C=O)c1I. The van der Waals surface area contributed by atoms with Crippen LogP contribution in [0.2, 0.25) is 0 Å². The van der Waals surface area contributed by atoms with Gasteiger partial charge in [-0.1, -0.05) is 0 Å². The summed E-state index contributed by atoms with van der Waals surface area (Å²) in [5, 5.41) is 0. The first-order valence-corrected chi connectivity index (χ1v) is 4.80. The fraction of sp³-hybridized carbons (Fsp3) is 0.250. The van der Waals surface area contributed by atoms with E-state index >= 15 is 0 Å². The van der Waals surface area contributed by atoms with Crippen LogP contribution in [0.15, 0.2) is 6.07 Å². The zero-order chi connectivity index (χ0) is 10.7. The van der Waals surface area contributed by atoms with Gasteiger partial charge in [-0.3, -0.25) is 4.79 Å². The summed E-state index contributed by atoms with van der Waals surface area (Å²) in [5.74, 6) is 0. The van der Waals surface area contributed by atoms with Crippen molar-refractivity contribution in [3.63, 3.8) is 0 Å². The van der Waals surface area contributed by atoms with E-state index in [2.05, 4.69) is 4.98 Å². The Balaban J connectivity index is 3.31. The Kier molecular flexibility index (Phi) is 3.87. The Morgan fingerprint density at radius 1 is 1.64 bits per heavy atom. The third kappa shape index (κ3) is 2.24. The van der Waals surface area contributed by atoms with Crippen LogP contribution in [0.25, 0.3) is 0 Å². The van der Waals surface area contributed by atoms with Gasteiger partial charge in [0.1, 0.15) is 5.69 Å². The number of nitrogens with two attached hydrogens (primary N) is 1. The highest BCUT2D eigenvalue weighted by atomic mass is 127. The lowest BCUT2D eigenvalue weighted by molar-refractivity contribution is 0.112. The second-order valence-electron chi connectivity index (χ2n) is 2.52. The first kappa shape index (κ1) is 11.4. The van der Waals surface area contributed by atoms with Crippen LogP contribution in [-0.2, 0) is 6.54 Å². The molecular formula is C8H7F2IN2O. The third-order valence-corrected chi connectivity index (χ3v) is 2.86. The van der Waals surface area contributed by atoms with E-state index in [1.807, 2.05) is 22.6 Å². The zero-order valence-corrected chi connectivity index (χ0v) is 9.16. The molecule has 0 bridgehead atoms. The van der Waals surface area contributed by atoms with Crippen LogP contribution in [0.1, 0.15) is 28.2 Å². The normalized spacial score (nSPS) is 10.6. The number of hydrogen-bond donors (Lipinski definition) is 1. The minimum Gasteiger partial charge on any atom is -0.325 e. The van der Waals surface area contributed by atoms with Crippen molar-refractivity contribution in [3.05, 3.63) is 26.6 Å². The molecule has 0 saturated carbocycles. The number of carbonyl (C=O) groups excluding carboxylic acids is 1. The first-order valence-electron chi connectivity index (χ1n) is 3.72. The predicted molar refractivity (Wildman–Crippen MR) is 55.2 cm³/mol. The monoisotopic (exact) mass is 312 g/mol. The molecule has 0 aliphatic carbocycles. The molecule has 0 amide bonds. The molecular weight excluding hydrogens is 305 g/mol. The van der Waals surface area contributed by atoms with Crippen LogP contribution in [0, 0.1) is 3.57 Å². The number of pyridine rings is 1. The fourth-order valence-corrected chi connectivity index (χ4v) is 1.58. The minimum absolute atomic E-state index is 0.0413. The van der Waals surface area contributed by atoms with Crippen molar-refractivity contribution >= 4 is 28.9 Å². The van der Waals surface area contributed by atoms with Gasteiger partial charge in [-0.05, 0) is 28.7 Å². The summed E-state index contributed by atoms with van der Waals surface area (Å²) < 4.78 is 25.2. The van der Waals surface area contributed by atoms with Crippen molar-refractivity contribution in [2.75, 3.05) is 0 Å². The topological polar surface area (TPSA) is 56.0 Å². The van der Waals surface area contributed by atoms with E-state index in [4.69, 9.17) is 5.73 Å². The molecule has 14 heavy (non-hydrogen) atoms. The van der Waals surface area contributed by atoms with Gasteiger partial charge in [0, 0.05) is 15.7 Å². The van der Waals surface area contributed by atoms with E-state index in [1.165, 1.54) is 0 Å². The van der Waals surface area contributed by atoms with Crippen molar-refractivity contribution < 1.29 is 13.6 Å². The summed E-state index contributed by atoms with van der Waals surface area (Å²) in [6.07, 6.45) is -2.16. The largest absolute Gasteiger partial charge is 0.325 e. The van der Waals surface area contributed by atoms with Crippen LogP contribution in [0.3, 0.4) is 0 Å². The van der Waals surface area contributed by atoms with Gasteiger partial charge in [-0.25, -0.2) is 13.8 Å². The lowest BCUT2D eigenvalue weighted by Crippen LogP contribution is -2.08. The smallest absolute Gasteiger partial charge is 0.280 e. The van der Waals surface area contributed by atoms with E-state index in [-0.39, 0.29) is 12.1 Å². The van der Waals surface area contributed by atoms with Crippen LogP contribution in [0.4, 0.5) is 8.78 Å². The highest BCUT2D eigenvalue weighted by Crippen LogP contribution is 2.22. The number of rotatable bonds is 3. The number of halogens is 3. The van der Waals surface area contributed by atoms with Gasteiger partial charge >= 0.3 is 0 Å². The molecule has 0 unspecified atom stereocenters. The number of aromatic nitrogens is 1. The fourth-order valence-electron chi connectivity index (χ4n) is 0.959. The summed E-state index contributed by atoms with van der Waals surface area (Å²) in [6, 6.07) is 1.08. The van der Waals surface area contributed by atoms with Crippen LogP contribution >= 0.6 is 22.6 Å². The number of nitrogens with zero attached hydrogens (tertiary/aromatic N) is 1.